The number of rotatable bonds is 10. The van der Waals surface area contributed by atoms with Gasteiger partial charge in [-0.25, -0.2) is 0 Å². The van der Waals surface area contributed by atoms with E-state index in [2.05, 4.69) is 6.92 Å². The third-order valence-corrected chi connectivity index (χ3v) is 5.92. The van der Waals surface area contributed by atoms with E-state index in [0.717, 1.165) is 24.8 Å². The maximum absolute atomic E-state index is 13.5. The minimum Gasteiger partial charge on any atom is -0.493 e. The molecule has 2 aromatic carbocycles. The lowest BCUT2D eigenvalue weighted by Crippen LogP contribution is -2.32. The van der Waals surface area contributed by atoms with Gasteiger partial charge in [-0.3, -0.25) is 9.59 Å². The molecular weight excluding hydrogens is 422 g/mol. The highest BCUT2D eigenvalue weighted by Crippen LogP contribution is 2.40. The van der Waals surface area contributed by atoms with Gasteiger partial charge in [0.15, 0.2) is 16.9 Å². The molecule has 0 radical (unpaired) electrons. The first-order valence-corrected chi connectivity index (χ1v) is 11.3. The van der Waals surface area contributed by atoms with E-state index in [9.17, 15) is 9.59 Å². The molecule has 33 heavy (non-hydrogen) atoms. The van der Waals surface area contributed by atoms with E-state index in [-0.39, 0.29) is 17.1 Å². The van der Waals surface area contributed by atoms with E-state index in [1.807, 2.05) is 18.2 Å². The Morgan fingerprint density at radius 3 is 2.58 bits per heavy atom. The molecule has 174 valence electrons. The average molecular weight is 452 g/mol. The van der Waals surface area contributed by atoms with Crippen molar-refractivity contribution in [2.45, 2.75) is 32.2 Å². The van der Waals surface area contributed by atoms with Crippen LogP contribution in [0.3, 0.4) is 0 Å². The largest absolute Gasteiger partial charge is 0.493 e. The number of benzene rings is 2. The van der Waals surface area contributed by atoms with Gasteiger partial charge in [-0.2, -0.15) is 0 Å². The average Bonchev–Trinajstić information content (AvgIpc) is 3.12. The number of nitrogens with zero attached hydrogens (tertiary/aromatic N) is 1. The zero-order valence-corrected chi connectivity index (χ0v) is 19.3. The second-order valence-corrected chi connectivity index (χ2v) is 8.03. The molecule has 0 saturated carbocycles. The van der Waals surface area contributed by atoms with E-state index in [1.165, 1.54) is 0 Å². The van der Waals surface area contributed by atoms with E-state index in [1.54, 1.807) is 43.4 Å². The van der Waals surface area contributed by atoms with Crippen molar-refractivity contribution in [3.05, 3.63) is 69.6 Å². The SMILES string of the molecule is CCCCCOc1ccc([C@H]2c3c(oc4ccccc4c3=O)C(=O)N2CCOC)cc1OC. The quantitative estimate of drug-likeness (QED) is 0.421. The summed E-state index contributed by atoms with van der Waals surface area (Å²) in [6.45, 7) is 3.40. The predicted octanol–water partition coefficient (Wildman–Crippen LogP) is 4.56. The van der Waals surface area contributed by atoms with Crippen molar-refractivity contribution >= 4 is 16.9 Å². The lowest BCUT2D eigenvalue weighted by molar-refractivity contribution is 0.0663. The zero-order chi connectivity index (χ0) is 23.4. The minimum atomic E-state index is -0.605. The topological polar surface area (TPSA) is 78.2 Å². The van der Waals surface area contributed by atoms with Crippen LogP contribution in [0.25, 0.3) is 11.0 Å². The Labute approximate surface area is 192 Å². The standard InChI is InChI=1S/C26H29NO6/c1-4-5-8-14-32-20-12-11-17(16-21(20)31-3)23-22-24(28)18-9-6-7-10-19(18)33-25(22)26(29)27(23)13-15-30-2/h6-7,9-12,16,23H,4-5,8,13-15H2,1-3H3/t23-/m0/s1. The summed E-state index contributed by atoms with van der Waals surface area (Å²) in [6.07, 6.45) is 3.17. The first-order chi connectivity index (χ1) is 16.1. The van der Waals surface area contributed by atoms with Gasteiger partial charge in [0.2, 0.25) is 5.76 Å². The van der Waals surface area contributed by atoms with Crippen molar-refractivity contribution in [2.75, 3.05) is 34.0 Å². The van der Waals surface area contributed by atoms with Crippen molar-refractivity contribution in [3.63, 3.8) is 0 Å². The summed E-state index contributed by atoms with van der Waals surface area (Å²) in [5.41, 5.74) is 1.28. The van der Waals surface area contributed by atoms with E-state index < -0.39 is 6.04 Å². The maximum atomic E-state index is 13.5. The van der Waals surface area contributed by atoms with E-state index >= 15 is 0 Å². The third-order valence-electron chi connectivity index (χ3n) is 5.92. The lowest BCUT2D eigenvalue weighted by Gasteiger charge is -2.25. The molecule has 7 heteroatoms. The van der Waals surface area contributed by atoms with Crippen LogP contribution < -0.4 is 14.9 Å². The van der Waals surface area contributed by atoms with Crippen molar-refractivity contribution in [2.24, 2.45) is 0 Å². The molecule has 4 rings (SSSR count). The number of ether oxygens (including phenoxy) is 3. The van der Waals surface area contributed by atoms with Crippen molar-refractivity contribution in [1.29, 1.82) is 0 Å². The fraction of sp³-hybridized carbons (Fsp3) is 0.385. The molecule has 0 spiro atoms. The molecule has 3 aromatic rings. The van der Waals surface area contributed by atoms with Gasteiger partial charge in [-0.05, 0) is 36.2 Å². The van der Waals surface area contributed by atoms with Crippen LogP contribution in [0.15, 0.2) is 51.7 Å². The molecule has 1 amide bonds. The molecule has 1 aliphatic rings. The molecule has 7 nitrogen and oxygen atoms in total. The van der Waals surface area contributed by atoms with Gasteiger partial charge >= 0.3 is 0 Å². The monoisotopic (exact) mass is 451 g/mol. The molecule has 1 aromatic heterocycles. The van der Waals surface area contributed by atoms with E-state index in [0.29, 0.717) is 47.8 Å². The first-order valence-electron chi connectivity index (χ1n) is 11.3. The Hall–Kier alpha value is -3.32. The van der Waals surface area contributed by atoms with Crippen molar-refractivity contribution in [3.8, 4) is 11.5 Å². The number of amides is 1. The van der Waals surface area contributed by atoms with Crippen LogP contribution in [0, 0.1) is 0 Å². The normalized spacial score (nSPS) is 15.2. The molecule has 1 atom stereocenters. The summed E-state index contributed by atoms with van der Waals surface area (Å²) >= 11 is 0. The molecule has 0 saturated heterocycles. The lowest BCUT2D eigenvalue weighted by atomic mass is 9.98. The number of methoxy groups -OCH3 is 2. The maximum Gasteiger partial charge on any atom is 0.290 e. The molecule has 2 heterocycles. The predicted molar refractivity (Wildman–Crippen MR) is 125 cm³/mol. The van der Waals surface area contributed by atoms with Crippen LogP contribution in [0.4, 0.5) is 0 Å². The Balaban J connectivity index is 1.79. The van der Waals surface area contributed by atoms with Crippen LogP contribution >= 0.6 is 0 Å². The molecule has 1 aliphatic heterocycles. The highest BCUT2D eigenvalue weighted by Gasteiger charge is 2.42. The first kappa shape index (κ1) is 22.9. The molecular formula is C26H29NO6. The van der Waals surface area contributed by atoms with Crippen LogP contribution in [0.5, 0.6) is 11.5 Å². The fourth-order valence-corrected chi connectivity index (χ4v) is 4.24. The van der Waals surface area contributed by atoms with Gasteiger partial charge in [0.25, 0.3) is 5.91 Å². The molecule has 0 N–H and O–H groups in total. The van der Waals surface area contributed by atoms with Crippen molar-refractivity contribution in [1.82, 2.24) is 4.90 Å². The highest BCUT2D eigenvalue weighted by atomic mass is 16.5. The summed E-state index contributed by atoms with van der Waals surface area (Å²) in [5, 5.41) is 0.450. The number of carbonyl (C=O) groups is 1. The molecule has 0 aliphatic carbocycles. The fourth-order valence-electron chi connectivity index (χ4n) is 4.24. The molecule has 0 fully saturated rings. The van der Waals surface area contributed by atoms with Gasteiger partial charge < -0.3 is 23.5 Å². The summed E-state index contributed by atoms with van der Waals surface area (Å²) in [6, 6.07) is 11.9. The van der Waals surface area contributed by atoms with Gasteiger partial charge in [0.05, 0.1) is 37.3 Å². The van der Waals surface area contributed by atoms with Gasteiger partial charge in [0.1, 0.15) is 5.58 Å². The minimum absolute atomic E-state index is 0.0821. The van der Waals surface area contributed by atoms with Crippen molar-refractivity contribution < 1.29 is 23.4 Å². The van der Waals surface area contributed by atoms with Crippen LogP contribution in [0.1, 0.15) is 53.9 Å². The Kier molecular flexibility index (Phi) is 6.99. The van der Waals surface area contributed by atoms with Crippen LogP contribution in [-0.2, 0) is 4.74 Å². The van der Waals surface area contributed by atoms with Gasteiger partial charge in [-0.1, -0.05) is 38.0 Å². The zero-order valence-electron chi connectivity index (χ0n) is 19.3. The number of para-hydroxylation sites is 1. The third kappa shape index (κ3) is 4.33. The number of hydrogen-bond acceptors (Lipinski definition) is 6. The summed E-state index contributed by atoms with van der Waals surface area (Å²) < 4.78 is 22.6. The van der Waals surface area contributed by atoms with Crippen LogP contribution in [-0.4, -0.2) is 44.8 Å². The summed E-state index contributed by atoms with van der Waals surface area (Å²) in [4.78, 5) is 28.4. The second-order valence-electron chi connectivity index (χ2n) is 8.03. The Morgan fingerprint density at radius 1 is 1.00 bits per heavy atom. The summed E-state index contributed by atoms with van der Waals surface area (Å²) in [7, 11) is 3.16. The molecule has 0 bridgehead atoms. The van der Waals surface area contributed by atoms with Gasteiger partial charge in [0, 0.05) is 13.7 Å². The number of carbonyl (C=O) groups excluding carboxylic acids is 1. The van der Waals surface area contributed by atoms with E-state index in [4.69, 9.17) is 18.6 Å². The Bertz CT molecular complexity index is 1200. The van der Waals surface area contributed by atoms with Gasteiger partial charge in [-0.15, -0.1) is 0 Å². The smallest absolute Gasteiger partial charge is 0.290 e. The number of hydrogen-bond donors (Lipinski definition) is 0. The Morgan fingerprint density at radius 2 is 1.82 bits per heavy atom. The van der Waals surface area contributed by atoms with Crippen LogP contribution in [0.2, 0.25) is 0 Å². The molecule has 0 unspecified atom stereocenters. The number of unbranched alkanes of at least 4 members (excludes halogenated alkanes) is 2. The number of fused-ring (bicyclic) bond motifs is 2. The summed E-state index contributed by atoms with van der Waals surface area (Å²) in [5.74, 6) is 0.949. The second kappa shape index (κ2) is 10.1. The highest BCUT2D eigenvalue weighted by molar-refractivity contribution is 5.99.